The Hall–Kier alpha value is -1.14. The minimum atomic E-state index is -0.218. The van der Waals surface area contributed by atoms with Gasteiger partial charge in [-0.1, -0.05) is 6.07 Å². The summed E-state index contributed by atoms with van der Waals surface area (Å²) in [6.45, 7) is 3.06. The van der Waals surface area contributed by atoms with Crippen LogP contribution in [0, 0.1) is 5.82 Å². The standard InChI is InChI=1S/C15H19BrFN3O/c16-13-9-10(1-2-14(13)17)11-7-12(8-11)19-15(18)20-3-5-21-6-4-20/h1-2,9,11-12H,3-8H2,(H2,18,19). The van der Waals surface area contributed by atoms with Crippen LogP contribution < -0.4 is 5.73 Å². The number of rotatable bonds is 2. The van der Waals surface area contributed by atoms with Crippen molar-refractivity contribution >= 4 is 21.9 Å². The van der Waals surface area contributed by atoms with Gasteiger partial charge in [0.2, 0.25) is 0 Å². The Labute approximate surface area is 132 Å². The van der Waals surface area contributed by atoms with E-state index in [1.165, 1.54) is 11.6 Å². The number of ether oxygens (including phenoxy) is 1. The zero-order valence-corrected chi connectivity index (χ0v) is 13.4. The van der Waals surface area contributed by atoms with Gasteiger partial charge >= 0.3 is 0 Å². The summed E-state index contributed by atoms with van der Waals surface area (Å²) in [7, 11) is 0. The second-order valence-electron chi connectivity index (χ2n) is 5.58. The number of hydrogen-bond acceptors (Lipinski definition) is 2. The molecule has 21 heavy (non-hydrogen) atoms. The van der Waals surface area contributed by atoms with Crippen molar-refractivity contribution in [2.75, 3.05) is 26.3 Å². The first-order chi connectivity index (χ1) is 10.1. The van der Waals surface area contributed by atoms with E-state index in [0.29, 0.717) is 29.6 Å². The zero-order valence-electron chi connectivity index (χ0n) is 11.8. The van der Waals surface area contributed by atoms with Crippen LogP contribution in [0.2, 0.25) is 0 Å². The van der Waals surface area contributed by atoms with Gasteiger partial charge in [0.05, 0.1) is 23.7 Å². The molecule has 0 amide bonds. The first-order valence-electron chi connectivity index (χ1n) is 7.24. The molecule has 2 fully saturated rings. The first kappa shape index (κ1) is 14.8. The average Bonchev–Trinajstić information content (AvgIpc) is 2.46. The number of benzene rings is 1. The molecule has 0 radical (unpaired) electrons. The van der Waals surface area contributed by atoms with Gasteiger partial charge < -0.3 is 15.4 Å². The normalized spacial score (nSPS) is 26.6. The lowest BCUT2D eigenvalue weighted by atomic mass is 9.76. The van der Waals surface area contributed by atoms with Gasteiger partial charge in [0.15, 0.2) is 5.96 Å². The van der Waals surface area contributed by atoms with Crippen molar-refractivity contribution in [1.82, 2.24) is 4.90 Å². The maximum Gasteiger partial charge on any atom is 0.191 e. The number of aliphatic imine (C=N–C) groups is 1. The monoisotopic (exact) mass is 355 g/mol. The van der Waals surface area contributed by atoms with Gasteiger partial charge in [-0.25, -0.2) is 9.38 Å². The van der Waals surface area contributed by atoms with E-state index in [9.17, 15) is 4.39 Å². The summed E-state index contributed by atoms with van der Waals surface area (Å²) in [5, 5.41) is 0. The Morgan fingerprint density at radius 3 is 2.71 bits per heavy atom. The second kappa shape index (κ2) is 6.32. The summed E-state index contributed by atoms with van der Waals surface area (Å²) in [5.41, 5.74) is 7.22. The lowest BCUT2D eigenvalue weighted by Crippen LogP contribution is -2.46. The van der Waals surface area contributed by atoms with E-state index in [2.05, 4.69) is 25.8 Å². The van der Waals surface area contributed by atoms with Crippen molar-refractivity contribution in [3.8, 4) is 0 Å². The number of morpholine rings is 1. The summed E-state index contributed by atoms with van der Waals surface area (Å²) in [6.07, 6.45) is 1.95. The van der Waals surface area contributed by atoms with E-state index >= 15 is 0 Å². The molecule has 0 unspecified atom stereocenters. The quantitative estimate of drug-likeness (QED) is 0.654. The smallest absolute Gasteiger partial charge is 0.191 e. The van der Waals surface area contributed by atoms with E-state index in [0.717, 1.165) is 25.9 Å². The highest BCUT2D eigenvalue weighted by Gasteiger charge is 2.31. The van der Waals surface area contributed by atoms with Crippen LogP contribution in [0.5, 0.6) is 0 Å². The Bertz CT molecular complexity index is 540. The highest BCUT2D eigenvalue weighted by atomic mass is 79.9. The predicted molar refractivity (Wildman–Crippen MR) is 83.9 cm³/mol. The molecule has 1 aliphatic heterocycles. The SMILES string of the molecule is NC(=NC1CC(c2ccc(F)c(Br)c2)C1)N1CCOCC1. The summed E-state index contributed by atoms with van der Waals surface area (Å²) in [6, 6.07) is 5.51. The molecule has 0 aromatic heterocycles. The first-order valence-corrected chi connectivity index (χ1v) is 8.03. The van der Waals surface area contributed by atoms with E-state index in [1.54, 1.807) is 0 Å². The summed E-state index contributed by atoms with van der Waals surface area (Å²) < 4.78 is 19.1. The Kier molecular flexibility index (Phi) is 4.45. The molecule has 0 atom stereocenters. The minimum absolute atomic E-state index is 0.218. The Morgan fingerprint density at radius 2 is 2.05 bits per heavy atom. The van der Waals surface area contributed by atoms with Crippen molar-refractivity contribution in [1.29, 1.82) is 0 Å². The summed E-state index contributed by atoms with van der Waals surface area (Å²) in [5.74, 6) is 0.861. The maximum absolute atomic E-state index is 13.2. The summed E-state index contributed by atoms with van der Waals surface area (Å²) >= 11 is 3.23. The van der Waals surface area contributed by atoms with Crippen LogP contribution in [0.4, 0.5) is 4.39 Å². The van der Waals surface area contributed by atoms with E-state index < -0.39 is 0 Å². The Balaban J connectivity index is 1.56. The third kappa shape index (κ3) is 3.37. The molecule has 3 rings (SSSR count). The number of nitrogens with zero attached hydrogens (tertiary/aromatic N) is 2. The number of hydrogen-bond donors (Lipinski definition) is 1. The molecule has 1 heterocycles. The third-order valence-corrected chi connectivity index (χ3v) is 4.79. The van der Waals surface area contributed by atoms with Crippen LogP contribution >= 0.6 is 15.9 Å². The highest BCUT2D eigenvalue weighted by Crippen LogP contribution is 2.39. The molecule has 1 saturated heterocycles. The second-order valence-corrected chi connectivity index (χ2v) is 6.44. The predicted octanol–water partition coefficient (Wildman–Crippen LogP) is 2.48. The van der Waals surface area contributed by atoms with Gasteiger partial charge in [-0.15, -0.1) is 0 Å². The van der Waals surface area contributed by atoms with Crippen molar-refractivity contribution < 1.29 is 9.13 Å². The number of nitrogens with two attached hydrogens (primary N) is 1. The minimum Gasteiger partial charge on any atom is -0.378 e. The zero-order chi connectivity index (χ0) is 14.8. The van der Waals surface area contributed by atoms with Crippen LogP contribution in [0.25, 0.3) is 0 Å². The molecule has 6 heteroatoms. The molecule has 2 N–H and O–H groups in total. The van der Waals surface area contributed by atoms with Gasteiger partial charge in [-0.2, -0.15) is 0 Å². The molecule has 2 aliphatic rings. The van der Waals surface area contributed by atoms with Crippen molar-refractivity contribution in [2.24, 2.45) is 10.7 Å². The van der Waals surface area contributed by atoms with Crippen molar-refractivity contribution in [3.05, 3.63) is 34.1 Å². The van der Waals surface area contributed by atoms with Crippen LogP contribution in [-0.4, -0.2) is 43.2 Å². The van der Waals surface area contributed by atoms with Crippen LogP contribution in [0.1, 0.15) is 24.3 Å². The molecular formula is C15H19BrFN3O. The molecule has 1 aromatic rings. The molecular weight excluding hydrogens is 337 g/mol. The van der Waals surface area contributed by atoms with E-state index in [-0.39, 0.29) is 11.9 Å². The van der Waals surface area contributed by atoms with Crippen LogP contribution in [0.15, 0.2) is 27.7 Å². The Morgan fingerprint density at radius 1 is 1.33 bits per heavy atom. The van der Waals surface area contributed by atoms with Gasteiger partial charge in [-0.05, 0) is 52.4 Å². The van der Waals surface area contributed by atoms with Gasteiger partial charge in [0, 0.05) is 13.1 Å². The topological polar surface area (TPSA) is 50.8 Å². The fourth-order valence-electron chi connectivity index (χ4n) is 2.79. The molecule has 4 nitrogen and oxygen atoms in total. The maximum atomic E-state index is 13.2. The van der Waals surface area contributed by atoms with Crippen molar-refractivity contribution in [3.63, 3.8) is 0 Å². The van der Waals surface area contributed by atoms with Gasteiger partial charge in [0.1, 0.15) is 5.82 Å². The molecule has 114 valence electrons. The van der Waals surface area contributed by atoms with Crippen LogP contribution in [-0.2, 0) is 4.74 Å². The van der Waals surface area contributed by atoms with Gasteiger partial charge in [-0.3, -0.25) is 0 Å². The van der Waals surface area contributed by atoms with Crippen LogP contribution in [0.3, 0.4) is 0 Å². The average molecular weight is 356 g/mol. The van der Waals surface area contributed by atoms with E-state index in [1.807, 2.05) is 12.1 Å². The number of guanidine groups is 1. The lowest BCUT2D eigenvalue weighted by Gasteiger charge is -2.35. The molecule has 1 aromatic carbocycles. The largest absolute Gasteiger partial charge is 0.378 e. The summed E-state index contributed by atoms with van der Waals surface area (Å²) in [4.78, 5) is 6.68. The molecule has 0 spiro atoms. The fourth-order valence-corrected chi connectivity index (χ4v) is 3.19. The molecule has 1 aliphatic carbocycles. The fraction of sp³-hybridized carbons (Fsp3) is 0.533. The van der Waals surface area contributed by atoms with E-state index in [4.69, 9.17) is 10.5 Å². The van der Waals surface area contributed by atoms with Gasteiger partial charge in [0.25, 0.3) is 0 Å². The molecule has 0 bridgehead atoms. The third-order valence-electron chi connectivity index (χ3n) is 4.18. The lowest BCUT2D eigenvalue weighted by molar-refractivity contribution is 0.0671. The molecule has 1 saturated carbocycles. The highest BCUT2D eigenvalue weighted by molar-refractivity contribution is 9.10. The number of halogens is 2. The van der Waals surface area contributed by atoms with Crippen molar-refractivity contribution in [2.45, 2.75) is 24.8 Å².